The number of anilines is 1. The molecule has 0 saturated carbocycles. The quantitative estimate of drug-likeness (QED) is 0.597. The van der Waals surface area contributed by atoms with E-state index in [9.17, 15) is 9.59 Å². The van der Waals surface area contributed by atoms with Crippen LogP contribution < -0.4 is 16.0 Å². The molecule has 1 aromatic carbocycles. The highest BCUT2D eigenvalue weighted by molar-refractivity contribution is 6.04. The van der Waals surface area contributed by atoms with Crippen LogP contribution in [0.15, 0.2) is 48.8 Å². The van der Waals surface area contributed by atoms with Crippen LogP contribution in [0, 0.1) is 5.41 Å². The molecule has 2 heterocycles. The van der Waals surface area contributed by atoms with Crippen molar-refractivity contribution < 1.29 is 14.3 Å². The van der Waals surface area contributed by atoms with Gasteiger partial charge in [0.25, 0.3) is 5.91 Å². The summed E-state index contributed by atoms with van der Waals surface area (Å²) < 4.78 is 5.32. The monoisotopic (exact) mass is 454 g/mol. The molecule has 0 atom stereocenters. The van der Waals surface area contributed by atoms with Crippen LogP contribution in [0.3, 0.4) is 0 Å². The SMILES string of the molecule is COCC1(C(=O)NCc2cccc(NC(=O)c3ccncc3)c2)CCNCC1.Cl.Cl. The largest absolute Gasteiger partial charge is 0.384 e. The summed E-state index contributed by atoms with van der Waals surface area (Å²) in [6.45, 7) is 2.44. The predicted octanol–water partition coefficient (Wildman–Crippen LogP) is 2.81. The zero-order valence-electron chi connectivity index (χ0n) is 16.8. The first kappa shape index (κ1) is 25.8. The molecule has 0 radical (unpaired) electrons. The lowest BCUT2D eigenvalue weighted by Crippen LogP contribution is -2.49. The van der Waals surface area contributed by atoms with Gasteiger partial charge in [-0.05, 0) is 55.8 Å². The predicted molar refractivity (Wildman–Crippen MR) is 121 cm³/mol. The molecule has 0 aliphatic carbocycles. The summed E-state index contributed by atoms with van der Waals surface area (Å²) in [6.07, 6.45) is 4.68. The molecular weight excluding hydrogens is 427 g/mol. The second-order valence-corrected chi connectivity index (χ2v) is 7.04. The van der Waals surface area contributed by atoms with Crippen molar-refractivity contribution in [3.8, 4) is 0 Å². The van der Waals surface area contributed by atoms with E-state index in [0.29, 0.717) is 24.4 Å². The molecule has 2 amide bonds. The van der Waals surface area contributed by atoms with Gasteiger partial charge < -0.3 is 20.7 Å². The smallest absolute Gasteiger partial charge is 0.255 e. The molecule has 0 bridgehead atoms. The molecule has 1 aliphatic heterocycles. The van der Waals surface area contributed by atoms with Crippen molar-refractivity contribution in [3.63, 3.8) is 0 Å². The summed E-state index contributed by atoms with van der Waals surface area (Å²) in [5.74, 6) is -0.181. The van der Waals surface area contributed by atoms with Crippen LogP contribution in [0.1, 0.15) is 28.8 Å². The first-order chi connectivity index (χ1) is 13.6. The van der Waals surface area contributed by atoms with Crippen molar-refractivity contribution in [2.24, 2.45) is 5.41 Å². The number of carbonyl (C=O) groups excluding carboxylic acids is 2. The lowest BCUT2D eigenvalue weighted by Gasteiger charge is -2.35. The van der Waals surface area contributed by atoms with E-state index in [0.717, 1.165) is 31.5 Å². The summed E-state index contributed by atoms with van der Waals surface area (Å²) in [4.78, 5) is 29.0. The summed E-state index contributed by atoms with van der Waals surface area (Å²) >= 11 is 0. The molecule has 1 aliphatic rings. The molecule has 7 nitrogen and oxygen atoms in total. The maximum atomic E-state index is 12.8. The topological polar surface area (TPSA) is 92.4 Å². The molecule has 164 valence electrons. The van der Waals surface area contributed by atoms with Crippen LogP contribution >= 0.6 is 24.8 Å². The molecule has 0 spiro atoms. The average molecular weight is 455 g/mol. The van der Waals surface area contributed by atoms with E-state index >= 15 is 0 Å². The van der Waals surface area contributed by atoms with Gasteiger partial charge in [-0.2, -0.15) is 0 Å². The zero-order valence-corrected chi connectivity index (χ0v) is 18.5. The fourth-order valence-corrected chi connectivity index (χ4v) is 3.45. The number of methoxy groups -OCH3 is 1. The Labute approximate surface area is 189 Å². The lowest BCUT2D eigenvalue weighted by atomic mass is 9.78. The number of ether oxygens (including phenoxy) is 1. The Bertz CT molecular complexity index is 809. The van der Waals surface area contributed by atoms with Gasteiger partial charge in [0.05, 0.1) is 12.0 Å². The van der Waals surface area contributed by atoms with Crippen molar-refractivity contribution in [3.05, 3.63) is 59.9 Å². The first-order valence-corrected chi connectivity index (χ1v) is 9.41. The minimum Gasteiger partial charge on any atom is -0.384 e. The Morgan fingerprint density at radius 1 is 1.13 bits per heavy atom. The van der Waals surface area contributed by atoms with Gasteiger partial charge >= 0.3 is 0 Å². The van der Waals surface area contributed by atoms with Gasteiger partial charge in [0, 0.05) is 37.3 Å². The normalized spacial score (nSPS) is 14.6. The van der Waals surface area contributed by atoms with E-state index in [4.69, 9.17) is 4.74 Å². The van der Waals surface area contributed by atoms with Gasteiger partial charge in [-0.1, -0.05) is 12.1 Å². The Balaban J connectivity index is 0.00000225. The molecule has 0 unspecified atom stereocenters. The number of benzene rings is 1. The number of hydrogen-bond acceptors (Lipinski definition) is 5. The highest BCUT2D eigenvalue weighted by Crippen LogP contribution is 2.29. The number of amides is 2. The number of pyridine rings is 1. The Hall–Kier alpha value is -2.19. The number of nitrogens with zero attached hydrogens (tertiary/aromatic N) is 1. The Morgan fingerprint density at radius 2 is 1.83 bits per heavy atom. The number of aromatic nitrogens is 1. The molecule has 30 heavy (non-hydrogen) atoms. The van der Waals surface area contributed by atoms with E-state index in [1.807, 2.05) is 24.3 Å². The van der Waals surface area contributed by atoms with Crippen molar-refractivity contribution in [2.75, 3.05) is 32.1 Å². The summed E-state index contributed by atoms with van der Waals surface area (Å²) in [5.41, 5.74) is 1.67. The lowest BCUT2D eigenvalue weighted by molar-refractivity contribution is -0.136. The number of rotatable bonds is 7. The molecule has 1 fully saturated rings. The van der Waals surface area contributed by atoms with Crippen LogP contribution in [0.2, 0.25) is 0 Å². The molecule has 2 aromatic rings. The van der Waals surface area contributed by atoms with E-state index < -0.39 is 5.41 Å². The highest BCUT2D eigenvalue weighted by atomic mass is 35.5. The van der Waals surface area contributed by atoms with Crippen LogP contribution in [0.4, 0.5) is 5.69 Å². The maximum absolute atomic E-state index is 12.8. The van der Waals surface area contributed by atoms with E-state index in [2.05, 4.69) is 20.9 Å². The number of piperidine rings is 1. The third-order valence-corrected chi connectivity index (χ3v) is 5.04. The number of nitrogens with one attached hydrogen (secondary N) is 3. The summed E-state index contributed by atoms with van der Waals surface area (Å²) in [5, 5.41) is 9.19. The molecular formula is C21H28Cl2N4O3. The minimum atomic E-state index is -0.479. The van der Waals surface area contributed by atoms with E-state index in [1.165, 1.54) is 0 Å². The van der Waals surface area contributed by atoms with Gasteiger partial charge in [0.1, 0.15) is 0 Å². The number of carbonyl (C=O) groups is 2. The van der Waals surface area contributed by atoms with E-state index in [1.54, 1.807) is 31.6 Å². The minimum absolute atomic E-state index is 0. The molecule has 1 saturated heterocycles. The van der Waals surface area contributed by atoms with Gasteiger partial charge in [-0.3, -0.25) is 14.6 Å². The maximum Gasteiger partial charge on any atom is 0.255 e. The van der Waals surface area contributed by atoms with Gasteiger partial charge in [-0.25, -0.2) is 0 Å². The fourth-order valence-electron chi connectivity index (χ4n) is 3.45. The fraction of sp³-hybridized carbons (Fsp3) is 0.381. The number of halogens is 2. The van der Waals surface area contributed by atoms with Gasteiger partial charge in [0.15, 0.2) is 0 Å². The van der Waals surface area contributed by atoms with Gasteiger partial charge in [-0.15, -0.1) is 24.8 Å². The highest BCUT2D eigenvalue weighted by Gasteiger charge is 2.39. The van der Waals surface area contributed by atoms with Crippen LogP contribution in [0.25, 0.3) is 0 Å². The second-order valence-electron chi connectivity index (χ2n) is 7.04. The second kappa shape index (κ2) is 12.5. The van der Waals surface area contributed by atoms with Crippen LogP contribution in [-0.2, 0) is 16.1 Å². The van der Waals surface area contributed by atoms with E-state index in [-0.39, 0.29) is 36.6 Å². The molecule has 1 aromatic heterocycles. The van der Waals surface area contributed by atoms with Crippen LogP contribution in [-0.4, -0.2) is 43.6 Å². The summed E-state index contributed by atoms with van der Waals surface area (Å²) in [6, 6.07) is 10.8. The molecule has 3 N–H and O–H groups in total. The Kier molecular flexibility index (Phi) is 10.8. The average Bonchev–Trinajstić information content (AvgIpc) is 2.74. The standard InChI is InChI=1S/C21H26N4O3.2ClH/c1-28-15-21(7-11-23-12-8-21)20(27)24-14-16-3-2-4-18(13-16)25-19(26)17-5-9-22-10-6-17;;/h2-6,9-10,13,23H,7-8,11-12,14-15H2,1H3,(H,24,27)(H,25,26);2*1H. The van der Waals surface area contributed by atoms with Crippen molar-refractivity contribution in [1.29, 1.82) is 0 Å². The summed E-state index contributed by atoms with van der Waals surface area (Å²) in [7, 11) is 1.63. The third kappa shape index (κ3) is 6.67. The van der Waals surface area contributed by atoms with Crippen LogP contribution in [0.5, 0.6) is 0 Å². The van der Waals surface area contributed by atoms with Crippen molar-refractivity contribution in [2.45, 2.75) is 19.4 Å². The Morgan fingerprint density at radius 3 is 2.50 bits per heavy atom. The zero-order chi connectivity index (χ0) is 19.8. The molecule has 3 rings (SSSR count). The van der Waals surface area contributed by atoms with Crippen molar-refractivity contribution >= 4 is 42.3 Å². The number of hydrogen-bond donors (Lipinski definition) is 3. The first-order valence-electron chi connectivity index (χ1n) is 9.41. The van der Waals surface area contributed by atoms with Gasteiger partial charge in [0.2, 0.25) is 5.91 Å². The molecule has 9 heteroatoms. The third-order valence-electron chi connectivity index (χ3n) is 5.04. The van der Waals surface area contributed by atoms with Crippen molar-refractivity contribution in [1.82, 2.24) is 15.6 Å².